The van der Waals surface area contributed by atoms with Crippen LogP contribution in [0, 0.1) is 5.92 Å². The molecule has 1 aliphatic rings. The molecular weight excluding hydrogens is 232 g/mol. The molecule has 1 fully saturated rings. The summed E-state index contributed by atoms with van der Waals surface area (Å²) < 4.78 is 0. The third-order valence-electron chi connectivity index (χ3n) is 2.99. The van der Waals surface area contributed by atoms with Gasteiger partial charge in [-0.25, -0.2) is 0 Å². The van der Waals surface area contributed by atoms with Crippen LogP contribution in [-0.2, 0) is 0 Å². The summed E-state index contributed by atoms with van der Waals surface area (Å²) in [4.78, 5) is 4.27. The van der Waals surface area contributed by atoms with E-state index in [1.165, 1.54) is 12.8 Å². The standard InChI is InChI=1S/C12H14N4S/c1-8(9-5-6-9)14-12-16-15-11(17-12)10-4-2-3-7-13-10/h2-4,7-9H,5-6H2,1H3,(H,14,16). The maximum atomic E-state index is 4.27. The number of anilines is 1. The zero-order valence-electron chi connectivity index (χ0n) is 9.63. The molecule has 0 radical (unpaired) electrons. The Morgan fingerprint density at radius 2 is 2.24 bits per heavy atom. The van der Waals surface area contributed by atoms with E-state index in [0.29, 0.717) is 6.04 Å². The Balaban J connectivity index is 1.74. The van der Waals surface area contributed by atoms with Crippen molar-refractivity contribution in [2.24, 2.45) is 5.92 Å². The molecular formula is C12H14N4S. The van der Waals surface area contributed by atoms with Crippen molar-refractivity contribution in [2.45, 2.75) is 25.8 Å². The van der Waals surface area contributed by atoms with E-state index in [-0.39, 0.29) is 0 Å². The maximum absolute atomic E-state index is 4.27. The van der Waals surface area contributed by atoms with E-state index >= 15 is 0 Å². The largest absolute Gasteiger partial charge is 0.357 e. The van der Waals surface area contributed by atoms with E-state index in [0.717, 1.165) is 21.8 Å². The molecule has 2 aromatic heterocycles. The first-order valence-electron chi connectivity index (χ1n) is 5.84. The molecule has 5 heteroatoms. The van der Waals surface area contributed by atoms with Crippen molar-refractivity contribution in [1.82, 2.24) is 15.2 Å². The van der Waals surface area contributed by atoms with E-state index in [1.54, 1.807) is 17.5 Å². The van der Waals surface area contributed by atoms with Crippen molar-refractivity contribution in [3.8, 4) is 10.7 Å². The van der Waals surface area contributed by atoms with Crippen molar-refractivity contribution in [2.75, 3.05) is 5.32 Å². The van der Waals surface area contributed by atoms with Crippen LogP contribution in [0.5, 0.6) is 0 Å². The molecule has 1 atom stereocenters. The van der Waals surface area contributed by atoms with Gasteiger partial charge >= 0.3 is 0 Å². The van der Waals surface area contributed by atoms with Gasteiger partial charge in [-0.15, -0.1) is 10.2 Å². The third-order valence-corrected chi connectivity index (χ3v) is 3.87. The quantitative estimate of drug-likeness (QED) is 0.901. The summed E-state index contributed by atoms with van der Waals surface area (Å²) >= 11 is 1.56. The first-order valence-corrected chi connectivity index (χ1v) is 6.66. The van der Waals surface area contributed by atoms with Crippen LogP contribution in [-0.4, -0.2) is 21.2 Å². The molecule has 17 heavy (non-hydrogen) atoms. The second kappa shape index (κ2) is 4.41. The van der Waals surface area contributed by atoms with Crippen LogP contribution in [0.15, 0.2) is 24.4 Å². The third kappa shape index (κ3) is 2.44. The number of aromatic nitrogens is 3. The molecule has 88 valence electrons. The summed E-state index contributed by atoms with van der Waals surface area (Å²) in [6.07, 6.45) is 4.44. The van der Waals surface area contributed by atoms with Crippen molar-refractivity contribution in [3.05, 3.63) is 24.4 Å². The lowest BCUT2D eigenvalue weighted by molar-refractivity contribution is 0.692. The van der Waals surface area contributed by atoms with Crippen LogP contribution in [0.25, 0.3) is 10.7 Å². The van der Waals surface area contributed by atoms with Crippen molar-refractivity contribution < 1.29 is 0 Å². The van der Waals surface area contributed by atoms with E-state index in [1.807, 2.05) is 18.2 Å². The Kier molecular flexibility index (Phi) is 2.76. The molecule has 4 nitrogen and oxygen atoms in total. The number of hydrogen-bond donors (Lipinski definition) is 1. The molecule has 0 aliphatic heterocycles. The Morgan fingerprint density at radius 3 is 2.94 bits per heavy atom. The Bertz CT molecular complexity index is 492. The van der Waals surface area contributed by atoms with Gasteiger partial charge in [0.15, 0.2) is 5.01 Å². The van der Waals surface area contributed by atoms with Gasteiger partial charge in [-0.2, -0.15) is 0 Å². The van der Waals surface area contributed by atoms with Gasteiger partial charge in [0, 0.05) is 12.2 Å². The highest BCUT2D eigenvalue weighted by atomic mass is 32.1. The normalized spacial score (nSPS) is 16.8. The van der Waals surface area contributed by atoms with Crippen LogP contribution in [0.4, 0.5) is 5.13 Å². The highest BCUT2D eigenvalue weighted by Crippen LogP contribution is 2.35. The fraction of sp³-hybridized carbons (Fsp3) is 0.417. The summed E-state index contributed by atoms with van der Waals surface area (Å²) in [6.45, 7) is 2.21. The number of hydrogen-bond acceptors (Lipinski definition) is 5. The van der Waals surface area contributed by atoms with Gasteiger partial charge in [0.1, 0.15) is 5.69 Å². The first-order chi connectivity index (χ1) is 8.33. The minimum Gasteiger partial charge on any atom is -0.357 e. The van der Waals surface area contributed by atoms with Gasteiger partial charge < -0.3 is 5.32 Å². The summed E-state index contributed by atoms with van der Waals surface area (Å²) in [7, 11) is 0. The minimum absolute atomic E-state index is 0.500. The molecule has 2 aromatic rings. The fourth-order valence-corrected chi connectivity index (χ4v) is 2.60. The van der Waals surface area contributed by atoms with Gasteiger partial charge in [-0.1, -0.05) is 17.4 Å². The molecule has 0 aromatic carbocycles. The topological polar surface area (TPSA) is 50.7 Å². The lowest BCUT2D eigenvalue weighted by Gasteiger charge is -2.09. The lowest BCUT2D eigenvalue weighted by Crippen LogP contribution is -2.16. The van der Waals surface area contributed by atoms with Crippen molar-refractivity contribution in [1.29, 1.82) is 0 Å². The molecule has 2 heterocycles. The Labute approximate surface area is 104 Å². The molecule has 0 bridgehead atoms. The van der Waals surface area contributed by atoms with Gasteiger partial charge in [-0.05, 0) is 37.8 Å². The van der Waals surface area contributed by atoms with Gasteiger partial charge in [0.25, 0.3) is 0 Å². The smallest absolute Gasteiger partial charge is 0.206 e. The summed E-state index contributed by atoms with van der Waals surface area (Å²) in [6, 6.07) is 6.32. The van der Waals surface area contributed by atoms with Gasteiger partial charge in [-0.3, -0.25) is 4.98 Å². The Hall–Kier alpha value is -1.49. The molecule has 1 aliphatic carbocycles. The minimum atomic E-state index is 0.500. The first kappa shape index (κ1) is 10.7. The average molecular weight is 246 g/mol. The number of pyridine rings is 1. The number of rotatable bonds is 4. The second-order valence-electron chi connectivity index (χ2n) is 4.40. The summed E-state index contributed by atoms with van der Waals surface area (Å²) in [5.41, 5.74) is 0.886. The number of nitrogens with zero attached hydrogens (tertiary/aromatic N) is 3. The fourth-order valence-electron chi connectivity index (χ4n) is 1.78. The monoisotopic (exact) mass is 246 g/mol. The summed E-state index contributed by atoms with van der Waals surface area (Å²) in [5, 5.41) is 13.5. The highest BCUT2D eigenvalue weighted by molar-refractivity contribution is 7.18. The van der Waals surface area contributed by atoms with Gasteiger partial charge in [0.2, 0.25) is 5.13 Å². The van der Waals surface area contributed by atoms with E-state index < -0.39 is 0 Å². The predicted molar refractivity (Wildman–Crippen MR) is 68.9 cm³/mol. The zero-order chi connectivity index (χ0) is 11.7. The van der Waals surface area contributed by atoms with E-state index in [4.69, 9.17) is 0 Å². The van der Waals surface area contributed by atoms with Crippen molar-refractivity contribution >= 4 is 16.5 Å². The zero-order valence-corrected chi connectivity index (χ0v) is 10.4. The summed E-state index contributed by atoms with van der Waals surface area (Å²) in [5.74, 6) is 0.817. The molecule has 3 rings (SSSR count). The van der Waals surface area contributed by atoms with Crippen LogP contribution in [0.3, 0.4) is 0 Å². The average Bonchev–Trinajstić information content (AvgIpc) is 3.12. The molecule has 0 spiro atoms. The highest BCUT2D eigenvalue weighted by Gasteiger charge is 2.28. The van der Waals surface area contributed by atoms with E-state index in [9.17, 15) is 0 Å². The van der Waals surface area contributed by atoms with Crippen LogP contribution in [0.1, 0.15) is 19.8 Å². The predicted octanol–water partition coefficient (Wildman–Crippen LogP) is 2.81. The van der Waals surface area contributed by atoms with E-state index in [2.05, 4.69) is 27.4 Å². The van der Waals surface area contributed by atoms with Crippen LogP contribution >= 0.6 is 11.3 Å². The van der Waals surface area contributed by atoms with Crippen molar-refractivity contribution in [3.63, 3.8) is 0 Å². The molecule has 1 unspecified atom stereocenters. The van der Waals surface area contributed by atoms with Crippen LogP contribution in [0.2, 0.25) is 0 Å². The van der Waals surface area contributed by atoms with Crippen LogP contribution < -0.4 is 5.32 Å². The lowest BCUT2D eigenvalue weighted by atomic mass is 10.2. The molecule has 1 saturated carbocycles. The maximum Gasteiger partial charge on any atom is 0.206 e. The second-order valence-corrected chi connectivity index (χ2v) is 5.38. The number of nitrogens with one attached hydrogen (secondary N) is 1. The molecule has 0 amide bonds. The van der Waals surface area contributed by atoms with Gasteiger partial charge in [0.05, 0.1) is 0 Å². The molecule has 0 saturated heterocycles. The SMILES string of the molecule is CC(Nc1nnc(-c2ccccn2)s1)C1CC1. The Morgan fingerprint density at radius 1 is 1.35 bits per heavy atom. The molecule has 1 N–H and O–H groups in total.